The normalized spacial score (nSPS) is 18.6. The average molecular weight is 440 g/mol. The van der Waals surface area contributed by atoms with Gasteiger partial charge in [-0.25, -0.2) is 4.68 Å². The lowest BCUT2D eigenvalue weighted by atomic mass is 10.0. The first-order valence-electron chi connectivity index (χ1n) is 9.05. The quantitative estimate of drug-likeness (QED) is 0.594. The second kappa shape index (κ2) is 7.35. The van der Waals surface area contributed by atoms with Gasteiger partial charge in [0.05, 0.1) is 31.7 Å². The van der Waals surface area contributed by atoms with E-state index in [4.69, 9.17) is 21.7 Å². The number of ether oxygens (including phenoxy) is 2. The Morgan fingerprint density at radius 1 is 1.23 bits per heavy atom. The van der Waals surface area contributed by atoms with Crippen molar-refractivity contribution in [3.8, 4) is 28.6 Å². The van der Waals surface area contributed by atoms with Crippen LogP contribution >= 0.6 is 12.2 Å². The highest BCUT2D eigenvalue weighted by atomic mass is 32.1. The van der Waals surface area contributed by atoms with Crippen LogP contribution in [0.3, 0.4) is 0 Å². The molecule has 0 spiro atoms. The van der Waals surface area contributed by atoms with Crippen LogP contribution in [0.15, 0.2) is 24.4 Å². The maximum absolute atomic E-state index is 13.6. The number of fused-ring (bicyclic) bond motifs is 1. The number of alkyl halides is 3. The van der Waals surface area contributed by atoms with Gasteiger partial charge in [-0.15, -0.1) is 0 Å². The molecule has 0 unspecified atom stereocenters. The molecule has 1 aliphatic heterocycles. The van der Waals surface area contributed by atoms with E-state index < -0.39 is 18.3 Å². The molecule has 0 fully saturated rings. The molecule has 30 heavy (non-hydrogen) atoms. The number of aromatic nitrogens is 5. The van der Waals surface area contributed by atoms with Gasteiger partial charge in [-0.3, -0.25) is 9.67 Å². The number of rotatable bonds is 4. The van der Waals surface area contributed by atoms with Crippen LogP contribution in [0.2, 0.25) is 0 Å². The van der Waals surface area contributed by atoms with E-state index >= 15 is 0 Å². The number of methoxy groups -OCH3 is 2. The van der Waals surface area contributed by atoms with Crippen LogP contribution in [0.5, 0.6) is 11.5 Å². The van der Waals surface area contributed by atoms with Crippen LogP contribution < -0.4 is 14.8 Å². The first kappa shape index (κ1) is 20.3. The highest BCUT2D eigenvalue weighted by Crippen LogP contribution is 2.42. The van der Waals surface area contributed by atoms with Gasteiger partial charge in [0.25, 0.3) is 0 Å². The van der Waals surface area contributed by atoms with Gasteiger partial charge < -0.3 is 14.8 Å². The monoisotopic (exact) mass is 440 g/mol. The fourth-order valence-electron chi connectivity index (χ4n) is 3.58. The van der Waals surface area contributed by atoms with Gasteiger partial charge in [0.1, 0.15) is 17.3 Å². The third kappa shape index (κ3) is 3.30. The van der Waals surface area contributed by atoms with Crippen molar-refractivity contribution in [3.63, 3.8) is 0 Å². The van der Waals surface area contributed by atoms with Crippen LogP contribution in [0.1, 0.15) is 19.4 Å². The number of anilines is 1. The van der Waals surface area contributed by atoms with Gasteiger partial charge in [0.15, 0.2) is 16.6 Å². The highest BCUT2D eigenvalue weighted by molar-refractivity contribution is 7.71. The van der Waals surface area contributed by atoms with Crippen LogP contribution in [-0.4, -0.2) is 51.0 Å². The SMILES string of the molecule is COc1ccc(-n2c(-c3cnn4c3N[C@@H](C)C[C@@H]4C(F)(F)F)n[nH]c2=S)c(OC)c1. The average Bonchev–Trinajstić information content (AvgIpc) is 3.29. The van der Waals surface area contributed by atoms with E-state index in [1.807, 2.05) is 0 Å². The lowest BCUT2D eigenvalue weighted by Gasteiger charge is -2.32. The van der Waals surface area contributed by atoms with Crippen LogP contribution in [0, 0.1) is 4.77 Å². The van der Waals surface area contributed by atoms with Gasteiger partial charge in [0.2, 0.25) is 0 Å². The summed E-state index contributed by atoms with van der Waals surface area (Å²) < 4.78 is 54.2. The molecule has 8 nitrogen and oxygen atoms in total. The summed E-state index contributed by atoms with van der Waals surface area (Å²) in [5.74, 6) is 1.59. The lowest BCUT2D eigenvalue weighted by molar-refractivity contribution is -0.173. The van der Waals surface area contributed by atoms with Gasteiger partial charge in [-0.1, -0.05) is 0 Å². The maximum Gasteiger partial charge on any atom is 0.410 e. The smallest absolute Gasteiger partial charge is 0.410 e. The molecule has 0 amide bonds. The van der Waals surface area contributed by atoms with E-state index in [9.17, 15) is 13.2 Å². The van der Waals surface area contributed by atoms with Gasteiger partial charge >= 0.3 is 6.18 Å². The van der Waals surface area contributed by atoms with Crippen molar-refractivity contribution in [2.24, 2.45) is 0 Å². The summed E-state index contributed by atoms with van der Waals surface area (Å²) in [4.78, 5) is 0. The third-order valence-electron chi connectivity index (χ3n) is 4.97. The first-order chi connectivity index (χ1) is 14.2. The summed E-state index contributed by atoms with van der Waals surface area (Å²) in [6.45, 7) is 1.70. The number of H-pyrrole nitrogens is 1. The summed E-state index contributed by atoms with van der Waals surface area (Å²) in [7, 11) is 3.03. The van der Waals surface area contributed by atoms with E-state index in [-0.39, 0.29) is 17.0 Å². The molecule has 3 heterocycles. The number of nitrogens with one attached hydrogen (secondary N) is 2. The molecule has 4 rings (SSSR count). The number of benzene rings is 1. The second-order valence-corrected chi connectivity index (χ2v) is 7.30. The van der Waals surface area contributed by atoms with Gasteiger partial charge in [-0.05, 0) is 37.7 Å². The van der Waals surface area contributed by atoms with Crippen LogP contribution in [0.25, 0.3) is 17.1 Å². The molecule has 0 aliphatic carbocycles. The number of hydrogen-bond acceptors (Lipinski definition) is 6. The Hall–Kier alpha value is -3.02. The van der Waals surface area contributed by atoms with Crippen molar-refractivity contribution in [3.05, 3.63) is 29.2 Å². The molecule has 0 saturated heterocycles. The van der Waals surface area contributed by atoms with E-state index in [2.05, 4.69) is 20.6 Å². The number of aromatic amines is 1. The zero-order valence-corrected chi connectivity index (χ0v) is 17.1. The minimum Gasteiger partial charge on any atom is -0.497 e. The molecule has 2 atom stereocenters. The molecule has 3 aromatic rings. The first-order valence-corrected chi connectivity index (χ1v) is 9.46. The Morgan fingerprint density at radius 2 is 2.00 bits per heavy atom. The standard InChI is InChI=1S/C18H19F3N6O2S/c1-9-6-14(18(19,20)21)27-15(23-9)11(8-22-27)16-24-25-17(30)26(16)12-5-4-10(28-2)7-13(12)29-3/h4-5,7-9,14,23H,6H2,1-3H3,(H,25,30)/t9-,14+/m0/s1. The summed E-state index contributed by atoms with van der Waals surface area (Å²) in [6.07, 6.45) is -3.17. The summed E-state index contributed by atoms with van der Waals surface area (Å²) in [5.41, 5.74) is 0.948. The topological polar surface area (TPSA) is 81.9 Å². The fourth-order valence-corrected chi connectivity index (χ4v) is 3.81. The molecule has 0 radical (unpaired) electrons. The maximum atomic E-state index is 13.6. The molecule has 12 heteroatoms. The van der Waals surface area contributed by atoms with Crippen LogP contribution in [-0.2, 0) is 0 Å². The molecule has 1 aliphatic rings. The van der Waals surface area contributed by atoms with Crippen molar-refractivity contribution in [2.45, 2.75) is 31.6 Å². The van der Waals surface area contributed by atoms with Gasteiger partial charge in [-0.2, -0.15) is 23.4 Å². The van der Waals surface area contributed by atoms with Crippen molar-refractivity contribution in [1.82, 2.24) is 24.5 Å². The van der Waals surface area contributed by atoms with E-state index in [0.29, 0.717) is 28.6 Å². The minimum absolute atomic E-state index is 0.114. The van der Waals surface area contributed by atoms with Crippen molar-refractivity contribution in [1.29, 1.82) is 0 Å². The zero-order chi connectivity index (χ0) is 21.6. The second-order valence-electron chi connectivity index (χ2n) is 6.92. The predicted octanol–water partition coefficient (Wildman–Crippen LogP) is 4.12. The Kier molecular flexibility index (Phi) is 4.96. The molecular formula is C18H19F3N6O2S. The zero-order valence-electron chi connectivity index (χ0n) is 16.3. The Balaban J connectivity index is 1.89. The Morgan fingerprint density at radius 3 is 2.67 bits per heavy atom. The number of hydrogen-bond donors (Lipinski definition) is 2. The molecule has 0 saturated carbocycles. The number of halogens is 3. The van der Waals surface area contributed by atoms with E-state index in [1.54, 1.807) is 29.7 Å². The van der Waals surface area contributed by atoms with Gasteiger partial charge in [0, 0.05) is 12.1 Å². The molecule has 1 aromatic carbocycles. The van der Waals surface area contributed by atoms with Crippen molar-refractivity contribution < 1.29 is 22.6 Å². The summed E-state index contributed by atoms with van der Waals surface area (Å²) in [5, 5.41) is 14.1. The Labute approximate surface area is 174 Å². The molecule has 0 bridgehead atoms. The van der Waals surface area contributed by atoms with Crippen molar-refractivity contribution >= 4 is 18.0 Å². The third-order valence-corrected chi connectivity index (χ3v) is 5.24. The van der Waals surface area contributed by atoms with E-state index in [0.717, 1.165) is 4.68 Å². The summed E-state index contributed by atoms with van der Waals surface area (Å²) in [6, 6.07) is 3.02. The summed E-state index contributed by atoms with van der Waals surface area (Å²) >= 11 is 5.39. The fraction of sp³-hybridized carbons (Fsp3) is 0.389. The molecule has 160 valence electrons. The molecular weight excluding hydrogens is 421 g/mol. The molecule has 2 N–H and O–H groups in total. The highest BCUT2D eigenvalue weighted by Gasteiger charge is 2.46. The largest absolute Gasteiger partial charge is 0.497 e. The lowest BCUT2D eigenvalue weighted by Crippen LogP contribution is -2.38. The molecule has 2 aromatic heterocycles. The predicted molar refractivity (Wildman–Crippen MR) is 106 cm³/mol. The van der Waals surface area contributed by atoms with Crippen LogP contribution in [0.4, 0.5) is 19.0 Å². The van der Waals surface area contributed by atoms with E-state index in [1.165, 1.54) is 20.4 Å². The minimum atomic E-state index is -4.42. The Bertz CT molecular complexity index is 1140. The van der Waals surface area contributed by atoms with Crippen molar-refractivity contribution in [2.75, 3.05) is 19.5 Å². The number of nitrogens with zero attached hydrogens (tertiary/aromatic N) is 4.